The molecular weight excluding hydrogens is 370 g/mol. The van der Waals surface area contributed by atoms with E-state index in [0.717, 1.165) is 30.5 Å². The van der Waals surface area contributed by atoms with Crippen LogP contribution in [0, 0.1) is 6.92 Å². The maximum atomic E-state index is 12.5. The molecule has 9 nitrogen and oxygen atoms in total. The molecule has 3 rings (SSSR count). The first kappa shape index (κ1) is 19.6. The molecule has 1 fully saturated rings. The monoisotopic (exact) mass is 395 g/mol. The van der Waals surface area contributed by atoms with Crippen LogP contribution in [0.4, 0.5) is 0 Å². The zero-order valence-corrected chi connectivity index (χ0v) is 16.6. The number of hydrogen-bond donors (Lipinski definition) is 1. The van der Waals surface area contributed by atoms with Crippen LogP contribution in [0.1, 0.15) is 42.4 Å². The number of piperidine rings is 1. The number of aryl methyl sites for hydroxylation is 1. The smallest absolute Gasteiger partial charge is 0.289 e. The molecule has 0 spiro atoms. The van der Waals surface area contributed by atoms with E-state index in [0.29, 0.717) is 12.2 Å². The molecule has 2 aromatic rings. The molecule has 1 amide bonds. The average Bonchev–Trinajstić information content (AvgIpc) is 3.23. The lowest BCUT2D eigenvalue weighted by atomic mass is 10.1. The summed E-state index contributed by atoms with van der Waals surface area (Å²) in [6.45, 7) is 4.38. The summed E-state index contributed by atoms with van der Waals surface area (Å²) in [7, 11) is -1.57. The Kier molecular flexibility index (Phi) is 5.66. The molecule has 1 aliphatic rings. The van der Waals surface area contributed by atoms with E-state index in [9.17, 15) is 13.2 Å². The summed E-state index contributed by atoms with van der Waals surface area (Å²) in [5.74, 6) is -0.583. The lowest BCUT2D eigenvalue weighted by molar-refractivity contribution is 0.0919. The second kappa shape index (κ2) is 7.81. The molecular formula is C17H25N5O4S. The van der Waals surface area contributed by atoms with Gasteiger partial charge < -0.3 is 9.84 Å². The summed E-state index contributed by atoms with van der Waals surface area (Å²) < 4.78 is 33.3. The summed E-state index contributed by atoms with van der Waals surface area (Å²) in [6.07, 6.45) is 4.46. The molecule has 10 heteroatoms. The third-order valence-corrected chi connectivity index (χ3v) is 6.97. The number of amides is 1. The van der Waals surface area contributed by atoms with Crippen molar-refractivity contribution in [2.45, 2.75) is 39.2 Å². The van der Waals surface area contributed by atoms with E-state index < -0.39 is 15.9 Å². The summed E-state index contributed by atoms with van der Waals surface area (Å²) in [4.78, 5) is 12.2. The number of nitrogens with one attached hydrogen (secondary N) is 1. The zero-order chi connectivity index (χ0) is 19.6. The van der Waals surface area contributed by atoms with Gasteiger partial charge in [-0.3, -0.25) is 9.48 Å². The van der Waals surface area contributed by atoms with Crippen LogP contribution in [0.15, 0.2) is 16.8 Å². The van der Waals surface area contributed by atoms with Crippen LogP contribution in [0.25, 0.3) is 11.3 Å². The normalized spacial score (nSPS) is 18.6. The van der Waals surface area contributed by atoms with Gasteiger partial charge in [0, 0.05) is 43.5 Å². The van der Waals surface area contributed by atoms with Gasteiger partial charge in [0.1, 0.15) is 5.69 Å². The van der Waals surface area contributed by atoms with Crippen molar-refractivity contribution in [3.63, 3.8) is 0 Å². The highest BCUT2D eigenvalue weighted by Crippen LogP contribution is 2.22. The largest absolute Gasteiger partial charge is 0.350 e. The highest BCUT2D eigenvalue weighted by atomic mass is 32.2. The quantitative estimate of drug-likeness (QED) is 0.790. The second-order valence-electron chi connectivity index (χ2n) is 6.87. The summed E-state index contributed by atoms with van der Waals surface area (Å²) in [5.41, 5.74) is 2.19. The van der Waals surface area contributed by atoms with Crippen LogP contribution < -0.4 is 5.32 Å². The fourth-order valence-electron chi connectivity index (χ4n) is 3.24. The number of carbonyl (C=O) groups excluding carboxylic acids is 1. The van der Waals surface area contributed by atoms with E-state index in [1.165, 1.54) is 6.07 Å². The average molecular weight is 395 g/mol. The molecule has 0 aromatic carbocycles. The van der Waals surface area contributed by atoms with E-state index in [1.54, 1.807) is 15.2 Å². The second-order valence-corrected chi connectivity index (χ2v) is 8.91. The Morgan fingerprint density at radius 1 is 1.41 bits per heavy atom. The SMILES string of the molecule is Cc1c(-c2cc(C(=O)NCCS(=O)(=O)N3CCCC[C@H]3C)on2)cnn1C. The highest BCUT2D eigenvalue weighted by molar-refractivity contribution is 7.89. The molecule has 0 saturated carbocycles. The van der Waals surface area contributed by atoms with Crippen molar-refractivity contribution in [2.75, 3.05) is 18.8 Å². The van der Waals surface area contributed by atoms with Crippen LogP contribution in [0.3, 0.4) is 0 Å². The molecule has 27 heavy (non-hydrogen) atoms. The fourth-order valence-corrected chi connectivity index (χ4v) is 4.90. The molecule has 1 saturated heterocycles. The topological polar surface area (TPSA) is 110 Å². The minimum atomic E-state index is -3.39. The third kappa shape index (κ3) is 4.22. The molecule has 1 N–H and O–H groups in total. The van der Waals surface area contributed by atoms with E-state index >= 15 is 0 Å². The van der Waals surface area contributed by atoms with Crippen LogP contribution >= 0.6 is 0 Å². The Morgan fingerprint density at radius 3 is 2.85 bits per heavy atom. The lowest BCUT2D eigenvalue weighted by Gasteiger charge is -2.32. The first-order valence-corrected chi connectivity index (χ1v) is 10.6. The predicted molar refractivity (Wildman–Crippen MR) is 99.6 cm³/mol. The van der Waals surface area contributed by atoms with E-state index in [-0.39, 0.29) is 24.1 Å². The minimum Gasteiger partial charge on any atom is -0.350 e. The molecule has 0 aliphatic carbocycles. The Hall–Kier alpha value is -2.20. The Morgan fingerprint density at radius 2 is 2.19 bits per heavy atom. The van der Waals surface area contributed by atoms with Crippen LogP contribution in [-0.2, 0) is 17.1 Å². The number of sulfonamides is 1. The van der Waals surface area contributed by atoms with E-state index in [4.69, 9.17) is 4.52 Å². The molecule has 1 aliphatic heterocycles. The minimum absolute atomic E-state index is 0.0130. The number of hydrogen-bond acceptors (Lipinski definition) is 6. The summed E-state index contributed by atoms with van der Waals surface area (Å²) in [6, 6.07) is 1.54. The summed E-state index contributed by atoms with van der Waals surface area (Å²) >= 11 is 0. The van der Waals surface area contributed by atoms with Crippen molar-refractivity contribution in [2.24, 2.45) is 7.05 Å². The highest BCUT2D eigenvalue weighted by Gasteiger charge is 2.29. The first-order valence-electron chi connectivity index (χ1n) is 9.03. The predicted octanol–water partition coefficient (Wildman–Crippen LogP) is 1.32. The van der Waals surface area contributed by atoms with E-state index in [1.807, 2.05) is 20.9 Å². The van der Waals surface area contributed by atoms with Gasteiger partial charge >= 0.3 is 0 Å². The van der Waals surface area contributed by atoms with Crippen molar-refractivity contribution >= 4 is 15.9 Å². The standard InChI is InChI=1S/C17H25N5O4S/c1-12-6-4-5-8-22(12)27(24,25)9-7-18-17(23)16-10-15(20-26-16)14-11-19-21(3)13(14)2/h10-12H,4-9H2,1-3H3,(H,18,23)/t12-/m1/s1. The van der Waals surface area contributed by atoms with Crippen LogP contribution in [0.2, 0.25) is 0 Å². The van der Waals surface area contributed by atoms with Gasteiger partial charge in [0.05, 0.1) is 11.9 Å². The molecule has 0 bridgehead atoms. The van der Waals surface area contributed by atoms with Gasteiger partial charge in [-0.1, -0.05) is 11.6 Å². The van der Waals surface area contributed by atoms with Crippen molar-refractivity contribution in [1.29, 1.82) is 0 Å². The van der Waals surface area contributed by atoms with Gasteiger partial charge in [0.2, 0.25) is 15.8 Å². The number of nitrogens with zero attached hydrogens (tertiary/aromatic N) is 4. The van der Waals surface area contributed by atoms with Crippen molar-refractivity contribution in [1.82, 2.24) is 24.6 Å². The molecule has 0 unspecified atom stereocenters. The zero-order valence-electron chi connectivity index (χ0n) is 15.8. The Bertz CT molecular complexity index is 918. The number of rotatable bonds is 6. The van der Waals surface area contributed by atoms with Crippen LogP contribution in [0.5, 0.6) is 0 Å². The fraction of sp³-hybridized carbons (Fsp3) is 0.588. The van der Waals surface area contributed by atoms with E-state index in [2.05, 4.69) is 15.6 Å². The van der Waals surface area contributed by atoms with Gasteiger partial charge in [-0.05, 0) is 26.7 Å². The first-order chi connectivity index (χ1) is 12.8. The lowest BCUT2D eigenvalue weighted by Crippen LogP contribution is -2.45. The van der Waals surface area contributed by atoms with Gasteiger partial charge in [-0.25, -0.2) is 8.42 Å². The van der Waals surface area contributed by atoms with Crippen molar-refractivity contribution in [3.05, 3.63) is 23.7 Å². The molecule has 0 radical (unpaired) electrons. The van der Waals surface area contributed by atoms with Gasteiger partial charge in [-0.15, -0.1) is 0 Å². The third-order valence-electron chi connectivity index (χ3n) is 4.99. The van der Waals surface area contributed by atoms with Crippen LogP contribution in [-0.4, -0.2) is 58.5 Å². The van der Waals surface area contributed by atoms with Gasteiger partial charge in [0.15, 0.2) is 0 Å². The number of aromatic nitrogens is 3. The maximum Gasteiger partial charge on any atom is 0.289 e. The molecule has 1 atom stereocenters. The summed E-state index contributed by atoms with van der Waals surface area (Å²) in [5, 5.41) is 10.6. The van der Waals surface area contributed by atoms with Gasteiger partial charge in [-0.2, -0.15) is 9.40 Å². The number of carbonyl (C=O) groups is 1. The molecule has 2 aromatic heterocycles. The molecule has 148 valence electrons. The van der Waals surface area contributed by atoms with Gasteiger partial charge in [0.25, 0.3) is 5.91 Å². The Labute approximate surface area is 158 Å². The Balaban J connectivity index is 1.58. The molecule has 3 heterocycles. The maximum absolute atomic E-state index is 12.5. The van der Waals surface area contributed by atoms with Crippen molar-refractivity contribution < 1.29 is 17.7 Å². The van der Waals surface area contributed by atoms with Crippen molar-refractivity contribution in [3.8, 4) is 11.3 Å².